The molecule has 2 heterocycles. The minimum atomic E-state index is -0.844. The molecule has 1 aromatic rings. The number of hydrogen-bond donors (Lipinski definition) is 1. The third kappa shape index (κ3) is 4.51. The molecule has 7 heteroatoms. The lowest BCUT2D eigenvalue weighted by Crippen LogP contribution is -2.53. The summed E-state index contributed by atoms with van der Waals surface area (Å²) in [5.74, 6) is 0.0150. The number of hydrogen-bond acceptors (Lipinski definition) is 5. The zero-order chi connectivity index (χ0) is 19.4. The fourth-order valence-electron chi connectivity index (χ4n) is 4.30. The Morgan fingerprint density at radius 1 is 1.30 bits per heavy atom. The molecule has 1 aromatic heterocycles. The van der Waals surface area contributed by atoms with Crippen LogP contribution in [0.4, 0.5) is 0 Å². The number of likely N-dealkylation sites (tertiary alicyclic amines) is 1. The Kier molecular flexibility index (Phi) is 6.19. The van der Waals surface area contributed by atoms with Crippen molar-refractivity contribution in [1.29, 1.82) is 0 Å². The molecule has 0 aromatic carbocycles. The Balaban J connectivity index is 1.49. The average Bonchev–Trinajstić information content (AvgIpc) is 3.21. The largest absolute Gasteiger partial charge is 0.472 e. The summed E-state index contributed by atoms with van der Waals surface area (Å²) in [7, 11) is 0. The number of carbonyl (C=O) groups excluding carboxylic acids is 3. The lowest BCUT2D eigenvalue weighted by Gasteiger charge is -2.47. The van der Waals surface area contributed by atoms with E-state index in [1.54, 1.807) is 0 Å². The molecule has 2 aliphatic rings. The zero-order valence-electron chi connectivity index (χ0n) is 16.0. The Morgan fingerprint density at radius 3 is 2.81 bits per heavy atom. The number of amides is 2. The van der Waals surface area contributed by atoms with Crippen LogP contribution in [0.5, 0.6) is 0 Å². The van der Waals surface area contributed by atoms with Gasteiger partial charge in [-0.05, 0) is 44.1 Å². The molecule has 27 heavy (non-hydrogen) atoms. The maximum Gasteiger partial charge on any atom is 0.328 e. The van der Waals surface area contributed by atoms with Gasteiger partial charge in [-0.15, -0.1) is 0 Å². The van der Waals surface area contributed by atoms with Gasteiger partial charge in [0.1, 0.15) is 12.3 Å². The lowest BCUT2D eigenvalue weighted by molar-refractivity contribution is -0.156. The molecule has 2 fully saturated rings. The number of nitrogens with one attached hydrogen (secondary N) is 1. The number of furan rings is 1. The number of rotatable bonds is 5. The van der Waals surface area contributed by atoms with E-state index in [2.05, 4.69) is 12.2 Å². The first kappa shape index (κ1) is 19.5. The smallest absolute Gasteiger partial charge is 0.328 e. The van der Waals surface area contributed by atoms with Gasteiger partial charge < -0.3 is 19.4 Å². The van der Waals surface area contributed by atoms with Crippen LogP contribution in [0.3, 0.4) is 0 Å². The van der Waals surface area contributed by atoms with Crippen molar-refractivity contribution in [2.45, 2.75) is 58.0 Å². The molecule has 148 valence electrons. The van der Waals surface area contributed by atoms with E-state index in [0.29, 0.717) is 17.4 Å². The highest BCUT2D eigenvalue weighted by Crippen LogP contribution is 2.38. The zero-order valence-corrected chi connectivity index (χ0v) is 16.0. The van der Waals surface area contributed by atoms with E-state index in [9.17, 15) is 14.4 Å². The third-order valence-electron chi connectivity index (χ3n) is 5.88. The fraction of sp³-hybridized carbons (Fsp3) is 0.650. The van der Waals surface area contributed by atoms with Crippen LogP contribution in [0, 0.1) is 11.8 Å². The second-order valence-electron chi connectivity index (χ2n) is 7.68. The van der Waals surface area contributed by atoms with Crippen molar-refractivity contribution in [3.63, 3.8) is 0 Å². The van der Waals surface area contributed by atoms with Crippen molar-refractivity contribution >= 4 is 17.8 Å². The second kappa shape index (κ2) is 8.59. The number of carbonyl (C=O) groups is 3. The standard InChI is InChI=1S/C20H28N2O5/c1-13-7-9-22(17-6-4-3-5-16(13)17)18(23)12-27-20(25)14(2)21-19(24)15-8-10-26-11-15/h8,10-11,13-14,16-17H,3-7,9,12H2,1-2H3,(H,21,24)/t13-,14-,16-,17+/m0/s1. The molecule has 0 radical (unpaired) electrons. The number of ether oxygens (including phenoxy) is 1. The normalized spacial score (nSPS) is 26.0. The summed E-state index contributed by atoms with van der Waals surface area (Å²) in [4.78, 5) is 38.6. The molecular weight excluding hydrogens is 348 g/mol. The van der Waals surface area contributed by atoms with E-state index in [-0.39, 0.29) is 18.6 Å². The first-order valence-corrected chi connectivity index (χ1v) is 9.76. The van der Waals surface area contributed by atoms with Gasteiger partial charge in [-0.25, -0.2) is 4.79 Å². The fourth-order valence-corrected chi connectivity index (χ4v) is 4.30. The van der Waals surface area contributed by atoms with Gasteiger partial charge in [0.05, 0.1) is 11.8 Å². The van der Waals surface area contributed by atoms with Gasteiger partial charge in [-0.3, -0.25) is 9.59 Å². The second-order valence-corrected chi connectivity index (χ2v) is 7.68. The molecular formula is C20H28N2O5. The molecule has 1 aliphatic carbocycles. The van der Waals surface area contributed by atoms with Crippen LogP contribution < -0.4 is 5.32 Å². The van der Waals surface area contributed by atoms with Crippen molar-refractivity contribution < 1.29 is 23.5 Å². The molecule has 0 unspecified atom stereocenters. The number of piperidine rings is 1. The van der Waals surface area contributed by atoms with Crippen LogP contribution in [0.2, 0.25) is 0 Å². The minimum absolute atomic E-state index is 0.138. The molecule has 0 bridgehead atoms. The van der Waals surface area contributed by atoms with Gasteiger partial charge in [0.2, 0.25) is 0 Å². The maximum atomic E-state index is 12.6. The Morgan fingerprint density at radius 2 is 2.07 bits per heavy atom. The quantitative estimate of drug-likeness (QED) is 0.797. The Labute approximate surface area is 159 Å². The predicted molar refractivity (Wildman–Crippen MR) is 97.8 cm³/mol. The van der Waals surface area contributed by atoms with Crippen molar-refractivity contribution in [2.24, 2.45) is 11.8 Å². The molecule has 4 atom stereocenters. The summed E-state index contributed by atoms with van der Waals surface area (Å²) >= 11 is 0. The van der Waals surface area contributed by atoms with E-state index < -0.39 is 17.9 Å². The number of fused-ring (bicyclic) bond motifs is 1. The van der Waals surface area contributed by atoms with Crippen LogP contribution >= 0.6 is 0 Å². The van der Waals surface area contributed by atoms with Crippen molar-refractivity contribution in [1.82, 2.24) is 10.2 Å². The van der Waals surface area contributed by atoms with Crippen LogP contribution in [-0.4, -0.2) is 47.9 Å². The van der Waals surface area contributed by atoms with E-state index in [4.69, 9.17) is 9.15 Å². The third-order valence-corrected chi connectivity index (χ3v) is 5.88. The Bertz CT molecular complexity index is 672. The molecule has 3 rings (SSSR count). The molecule has 2 amide bonds. The molecule has 1 aliphatic heterocycles. The molecule has 1 saturated carbocycles. The Hall–Kier alpha value is -2.31. The van der Waals surface area contributed by atoms with E-state index in [1.165, 1.54) is 38.4 Å². The van der Waals surface area contributed by atoms with Gasteiger partial charge in [-0.1, -0.05) is 19.8 Å². The van der Waals surface area contributed by atoms with Gasteiger partial charge >= 0.3 is 5.97 Å². The van der Waals surface area contributed by atoms with Gasteiger partial charge in [-0.2, -0.15) is 0 Å². The number of nitrogens with zero attached hydrogens (tertiary/aromatic N) is 1. The summed E-state index contributed by atoms with van der Waals surface area (Å²) in [6, 6.07) is 0.936. The van der Waals surface area contributed by atoms with Gasteiger partial charge in [0, 0.05) is 12.6 Å². The summed E-state index contributed by atoms with van der Waals surface area (Å²) in [5, 5.41) is 2.54. The first-order valence-electron chi connectivity index (χ1n) is 9.76. The summed E-state index contributed by atoms with van der Waals surface area (Å²) in [6.07, 6.45) is 8.27. The highest BCUT2D eigenvalue weighted by Gasteiger charge is 2.39. The summed E-state index contributed by atoms with van der Waals surface area (Å²) < 4.78 is 10.0. The van der Waals surface area contributed by atoms with Crippen molar-refractivity contribution in [3.05, 3.63) is 24.2 Å². The van der Waals surface area contributed by atoms with E-state index in [0.717, 1.165) is 25.8 Å². The van der Waals surface area contributed by atoms with Gasteiger partial charge in [0.15, 0.2) is 6.61 Å². The summed E-state index contributed by atoms with van der Waals surface area (Å²) in [5.41, 5.74) is 0.330. The topological polar surface area (TPSA) is 88.9 Å². The molecule has 0 spiro atoms. The highest BCUT2D eigenvalue weighted by atomic mass is 16.5. The molecule has 1 N–H and O–H groups in total. The maximum absolute atomic E-state index is 12.6. The van der Waals surface area contributed by atoms with Crippen LogP contribution in [-0.2, 0) is 14.3 Å². The van der Waals surface area contributed by atoms with E-state index >= 15 is 0 Å². The molecule has 7 nitrogen and oxygen atoms in total. The lowest BCUT2D eigenvalue weighted by atomic mass is 9.72. The summed E-state index contributed by atoms with van der Waals surface area (Å²) in [6.45, 7) is 4.26. The SMILES string of the molecule is C[C@H](NC(=O)c1ccoc1)C(=O)OCC(=O)N1CC[C@H](C)[C@@H]2CCCC[C@H]21. The molecule has 1 saturated heterocycles. The first-order chi connectivity index (χ1) is 13.0. The van der Waals surface area contributed by atoms with E-state index in [1.807, 2.05) is 4.90 Å². The van der Waals surface area contributed by atoms with Crippen molar-refractivity contribution in [3.8, 4) is 0 Å². The average molecular weight is 376 g/mol. The van der Waals surface area contributed by atoms with Crippen LogP contribution in [0.1, 0.15) is 56.3 Å². The van der Waals surface area contributed by atoms with Crippen LogP contribution in [0.15, 0.2) is 23.0 Å². The monoisotopic (exact) mass is 376 g/mol. The van der Waals surface area contributed by atoms with Crippen molar-refractivity contribution in [2.75, 3.05) is 13.2 Å². The minimum Gasteiger partial charge on any atom is -0.472 e. The van der Waals surface area contributed by atoms with Gasteiger partial charge in [0.25, 0.3) is 11.8 Å². The number of esters is 1. The van der Waals surface area contributed by atoms with Crippen LogP contribution in [0.25, 0.3) is 0 Å². The highest BCUT2D eigenvalue weighted by molar-refractivity contribution is 5.96. The predicted octanol–water partition coefficient (Wildman–Crippen LogP) is 2.37.